The molecule has 2 rings (SSSR count). The molecule has 0 heterocycles. The molecule has 0 radical (unpaired) electrons. The van der Waals surface area contributed by atoms with E-state index in [-0.39, 0.29) is 11.8 Å². The van der Waals surface area contributed by atoms with Gasteiger partial charge in [-0.15, -0.1) is 6.58 Å². The summed E-state index contributed by atoms with van der Waals surface area (Å²) in [5.41, 5.74) is 7.29. The molecule has 0 unspecified atom stereocenters. The summed E-state index contributed by atoms with van der Waals surface area (Å²) in [6.45, 7) is 8.01. The monoisotopic (exact) mass is 294 g/mol. The van der Waals surface area contributed by atoms with Crippen molar-refractivity contribution >= 4 is 5.91 Å². The Labute approximate surface area is 132 Å². The van der Waals surface area contributed by atoms with Crippen molar-refractivity contribution in [3.63, 3.8) is 0 Å². The summed E-state index contributed by atoms with van der Waals surface area (Å²) < 4.78 is 0. The van der Waals surface area contributed by atoms with Crippen molar-refractivity contribution in [3.05, 3.63) is 84.4 Å². The molecule has 2 aromatic rings. The van der Waals surface area contributed by atoms with Crippen LogP contribution in [-0.2, 0) is 5.54 Å². The zero-order chi connectivity index (χ0) is 16.0. The molecule has 1 amide bonds. The first-order chi connectivity index (χ1) is 10.6. The van der Waals surface area contributed by atoms with Gasteiger partial charge in [-0.05, 0) is 30.5 Å². The maximum Gasteiger partial charge on any atom is 0.265 e. The van der Waals surface area contributed by atoms with Crippen molar-refractivity contribution in [2.45, 2.75) is 19.4 Å². The molecule has 22 heavy (non-hydrogen) atoms. The van der Waals surface area contributed by atoms with E-state index < -0.39 is 5.54 Å². The Morgan fingerprint density at radius 3 is 2.18 bits per heavy atom. The van der Waals surface area contributed by atoms with Crippen molar-refractivity contribution in [1.82, 2.24) is 10.9 Å². The van der Waals surface area contributed by atoms with Crippen molar-refractivity contribution in [3.8, 4) is 0 Å². The Hall–Kier alpha value is -2.39. The maximum atomic E-state index is 12.2. The summed E-state index contributed by atoms with van der Waals surface area (Å²) >= 11 is 0. The molecule has 2 atom stereocenters. The third-order valence-corrected chi connectivity index (χ3v) is 4.11. The van der Waals surface area contributed by atoms with Crippen molar-refractivity contribution in [1.29, 1.82) is 0 Å². The lowest BCUT2D eigenvalue weighted by Crippen LogP contribution is -2.53. The average molecular weight is 294 g/mol. The molecular weight excluding hydrogens is 272 g/mol. The normalized spacial score (nSPS) is 14.6. The van der Waals surface area contributed by atoms with Crippen LogP contribution >= 0.6 is 0 Å². The number of carbonyl (C=O) groups is 1. The lowest BCUT2D eigenvalue weighted by atomic mass is 9.81. The molecule has 2 aromatic carbocycles. The quantitative estimate of drug-likeness (QED) is 0.630. The van der Waals surface area contributed by atoms with Gasteiger partial charge in [-0.3, -0.25) is 10.2 Å². The Morgan fingerprint density at radius 1 is 1.09 bits per heavy atom. The Balaban J connectivity index is 2.18. The molecule has 3 heteroatoms. The molecule has 0 aliphatic heterocycles. The summed E-state index contributed by atoms with van der Waals surface area (Å²) in [6, 6.07) is 19.2. The van der Waals surface area contributed by atoms with Gasteiger partial charge in [0.2, 0.25) is 0 Å². The Bertz CT molecular complexity index is 624. The second-order valence-electron chi connectivity index (χ2n) is 5.54. The molecule has 0 aromatic heterocycles. The van der Waals surface area contributed by atoms with Gasteiger partial charge in [0.1, 0.15) is 0 Å². The fourth-order valence-electron chi connectivity index (χ4n) is 2.32. The van der Waals surface area contributed by atoms with E-state index in [1.165, 1.54) is 0 Å². The van der Waals surface area contributed by atoms with Crippen LogP contribution < -0.4 is 10.9 Å². The minimum absolute atomic E-state index is 0.131. The van der Waals surface area contributed by atoms with E-state index in [1.807, 2.05) is 54.6 Å². The SMILES string of the molecule is C=C[C@@H](C)[C@](C)(NNC(=O)c1ccccc1)c1ccccc1. The van der Waals surface area contributed by atoms with Crippen LogP contribution in [-0.4, -0.2) is 5.91 Å². The van der Waals surface area contributed by atoms with Crippen LogP contribution in [0.5, 0.6) is 0 Å². The number of nitrogens with one attached hydrogen (secondary N) is 2. The first-order valence-electron chi connectivity index (χ1n) is 7.38. The second-order valence-corrected chi connectivity index (χ2v) is 5.54. The smallest absolute Gasteiger partial charge is 0.265 e. The van der Waals surface area contributed by atoms with E-state index in [4.69, 9.17) is 0 Å². The highest BCUT2D eigenvalue weighted by atomic mass is 16.2. The van der Waals surface area contributed by atoms with Gasteiger partial charge in [-0.25, -0.2) is 5.43 Å². The number of benzene rings is 2. The summed E-state index contributed by atoms with van der Waals surface area (Å²) in [7, 11) is 0. The molecule has 3 nitrogen and oxygen atoms in total. The third-order valence-electron chi connectivity index (χ3n) is 4.11. The molecule has 2 N–H and O–H groups in total. The Kier molecular flexibility index (Phi) is 5.12. The number of hydrazine groups is 1. The van der Waals surface area contributed by atoms with Crippen LogP contribution in [0.4, 0.5) is 0 Å². The zero-order valence-corrected chi connectivity index (χ0v) is 13.0. The topological polar surface area (TPSA) is 41.1 Å². The van der Waals surface area contributed by atoms with E-state index >= 15 is 0 Å². The fraction of sp³-hybridized carbons (Fsp3) is 0.211. The van der Waals surface area contributed by atoms with Gasteiger partial charge in [0.05, 0.1) is 5.54 Å². The van der Waals surface area contributed by atoms with Crippen LogP contribution in [0.2, 0.25) is 0 Å². The van der Waals surface area contributed by atoms with Gasteiger partial charge >= 0.3 is 0 Å². The number of hydrogen-bond acceptors (Lipinski definition) is 2. The van der Waals surface area contributed by atoms with Crippen LogP contribution in [0.3, 0.4) is 0 Å². The van der Waals surface area contributed by atoms with Gasteiger partial charge in [-0.2, -0.15) is 0 Å². The summed E-state index contributed by atoms with van der Waals surface area (Å²) in [6.07, 6.45) is 1.88. The van der Waals surface area contributed by atoms with E-state index in [0.29, 0.717) is 5.56 Å². The summed E-state index contributed by atoms with van der Waals surface area (Å²) in [4.78, 5) is 12.2. The number of carbonyl (C=O) groups excluding carboxylic acids is 1. The van der Waals surface area contributed by atoms with Crippen LogP contribution in [0, 0.1) is 5.92 Å². The van der Waals surface area contributed by atoms with E-state index in [0.717, 1.165) is 5.56 Å². The van der Waals surface area contributed by atoms with Crippen LogP contribution in [0.15, 0.2) is 73.3 Å². The van der Waals surface area contributed by atoms with Gasteiger partial charge in [-0.1, -0.05) is 61.5 Å². The molecule has 114 valence electrons. The molecular formula is C19H22N2O. The molecule has 0 spiro atoms. The third kappa shape index (κ3) is 3.43. The molecule has 0 fully saturated rings. The lowest BCUT2D eigenvalue weighted by molar-refractivity contribution is 0.0894. The Morgan fingerprint density at radius 2 is 1.64 bits per heavy atom. The van der Waals surface area contributed by atoms with Gasteiger partial charge in [0.15, 0.2) is 0 Å². The van der Waals surface area contributed by atoms with Crippen molar-refractivity contribution in [2.24, 2.45) is 5.92 Å². The summed E-state index contributed by atoms with van der Waals surface area (Å²) in [5.74, 6) is -0.0232. The minimum Gasteiger partial charge on any atom is -0.287 e. The summed E-state index contributed by atoms with van der Waals surface area (Å²) in [5, 5.41) is 0. The van der Waals surface area contributed by atoms with Gasteiger partial charge < -0.3 is 0 Å². The largest absolute Gasteiger partial charge is 0.287 e. The number of hydrogen-bond donors (Lipinski definition) is 2. The predicted molar refractivity (Wildman–Crippen MR) is 90.2 cm³/mol. The second kappa shape index (κ2) is 7.05. The fourth-order valence-corrected chi connectivity index (χ4v) is 2.32. The lowest BCUT2D eigenvalue weighted by Gasteiger charge is -2.36. The first kappa shape index (κ1) is 16.0. The van der Waals surface area contributed by atoms with E-state index in [2.05, 4.69) is 31.3 Å². The van der Waals surface area contributed by atoms with Crippen LogP contribution in [0.25, 0.3) is 0 Å². The molecule has 0 saturated heterocycles. The molecule has 0 bridgehead atoms. The average Bonchev–Trinajstić information content (AvgIpc) is 2.60. The molecule has 0 saturated carbocycles. The van der Waals surface area contributed by atoms with Crippen molar-refractivity contribution < 1.29 is 4.79 Å². The predicted octanol–water partition coefficient (Wildman–Crippen LogP) is 3.66. The molecule has 0 aliphatic carbocycles. The highest BCUT2D eigenvalue weighted by Gasteiger charge is 2.31. The highest BCUT2D eigenvalue weighted by Crippen LogP contribution is 2.29. The van der Waals surface area contributed by atoms with Crippen LogP contribution in [0.1, 0.15) is 29.8 Å². The van der Waals surface area contributed by atoms with E-state index in [9.17, 15) is 4.79 Å². The minimum atomic E-state index is -0.437. The van der Waals surface area contributed by atoms with E-state index in [1.54, 1.807) is 12.1 Å². The van der Waals surface area contributed by atoms with Crippen molar-refractivity contribution in [2.75, 3.05) is 0 Å². The molecule has 0 aliphatic rings. The zero-order valence-electron chi connectivity index (χ0n) is 13.0. The maximum absolute atomic E-state index is 12.2. The first-order valence-corrected chi connectivity index (χ1v) is 7.38. The van der Waals surface area contributed by atoms with Gasteiger partial charge in [0.25, 0.3) is 5.91 Å². The number of amides is 1. The number of rotatable bonds is 6. The van der Waals surface area contributed by atoms with Gasteiger partial charge in [0, 0.05) is 5.56 Å². The highest BCUT2D eigenvalue weighted by molar-refractivity contribution is 5.93. The standard InChI is InChI=1S/C19H22N2O/c1-4-15(2)19(3,17-13-9-6-10-14-17)21-20-18(22)16-11-7-5-8-12-16/h4-15,21H,1H2,2-3H3,(H,20,22)/t15-,19+/m1/s1.